The molecule has 0 saturated carbocycles. The van der Waals surface area contributed by atoms with E-state index in [1.807, 2.05) is 0 Å². The Hall–Kier alpha value is -1.31. The maximum atomic E-state index is 10.2. The van der Waals surface area contributed by atoms with Crippen molar-refractivity contribution in [1.82, 2.24) is 0 Å². The van der Waals surface area contributed by atoms with Gasteiger partial charge in [-0.15, -0.1) is 0 Å². The maximum absolute atomic E-state index is 10.2. The SMILES string of the molecule is CCCCCCCCCCCCC.O=C(O)c1ccccc1. The third-order valence-electron chi connectivity index (χ3n) is 3.73. The van der Waals surface area contributed by atoms with E-state index in [9.17, 15) is 4.79 Å². The average molecular weight is 306 g/mol. The lowest BCUT2D eigenvalue weighted by atomic mass is 10.1. The quantitative estimate of drug-likeness (QED) is 0.462. The zero-order valence-corrected chi connectivity index (χ0v) is 14.5. The maximum Gasteiger partial charge on any atom is 0.335 e. The molecule has 1 aromatic carbocycles. The van der Waals surface area contributed by atoms with Gasteiger partial charge in [-0.1, -0.05) is 103 Å². The van der Waals surface area contributed by atoms with Crippen LogP contribution in [0.4, 0.5) is 0 Å². The summed E-state index contributed by atoms with van der Waals surface area (Å²) in [5, 5.41) is 8.38. The van der Waals surface area contributed by atoms with Crippen LogP contribution in [0.2, 0.25) is 0 Å². The van der Waals surface area contributed by atoms with Crippen LogP contribution >= 0.6 is 0 Å². The Kier molecular flexibility index (Phi) is 15.1. The van der Waals surface area contributed by atoms with Gasteiger partial charge in [-0.3, -0.25) is 0 Å². The van der Waals surface area contributed by atoms with Gasteiger partial charge in [0.25, 0.3) is 0 Å². The minimum atomic E-state index is -0.879. The fourth-order valence-electron chi connectivity index (χ4n) is 2.32. The summed E-state index contributed by atoms with van der Waals surface area (Å²) in [6.07, 6.45) is 15.9. The molecule has 1 aromatic rings. The molecule has 0 heterocycles. The molecule has 0 aliphatic heterocycles. The molecule has 1 N–H and O–H groups in total. The number of hydrogen-bond acceptors (Lipinski definition) is 1. The minimum absolute atomic E-state index is 0.331. The predicted octanol–water partition coefficient (Wildman–Crippen LogP) is 6.70. The van der Waals surface area contributed by atoms with Gasteiger partial charge >= 0.3 is 5.97 Å². The Labute approximate surface area is 137 Å². The molecular formula is C20H34O2. The van der Waals surface area contributed by atoms with Crippen molar-refractivity contribution in [3.05, 3.63) is 35.9 Å². The van der Waals surface area contributed by atoms with Crippen LogP contribution in [0.3, 0.4) is 0 Å². The Morgan fingerprint density at radius 3 is 1.36 bits per heavy atom. The zero-order valence-electron chi connectivity index (χ0n) is 14.5. The van der Waals surface area contributed by atoms with Crippen molar-refractivity contribution in [2.45, 2.75) is 84.5 Å². The first kappa shape index (κ1) is 20.7. The Morgan fingerprint density at radius 1 is 0.727 bits per heavy atom. The number of carboxylic acid groups (broad SMARTS) is 1. The van der Waals surface area contributed by atoms with Crippen molar-refractivity contribution in [2.75, 3.05) is 0 Å². The Morgan fingerprint density at radius 2 is 1.09 bits per heavy atom. The standard InChI is InChI=1S/C13H28.C7H6O2/c1-3-5-7-9-11-13-12-10-8-6-4-2;8-7(9)6-4-2-1-3-5-6/h3-13H2,1-2H3;1-5H,(H,8,9). The van der Waals surface area contributed by atoms with Crippen LogP contribution < -0.4 is 0 Å². The molecule has 0 radical (unpaired) electrons. The van der Waals surface area contributed by atoms with Crippen LogP contribution in [0.5, 0.6) is 0 Å². The van der Waals surface area contributed by atoms with Crippen LogP contribution in [-0.4, -0.2) is 11.1 Å². The van der Waals surface area contributed by atoms with Gasteiger partial charge in [-0.05, 0) is 12.1 Å². The first-order valence-corrected chi connectivity index (χ1v) is 9.00. The lowest BCUT2D eigenvalue weighted by Gasteiger charge is -2.00. The Balaban J connectivity index is 0.000000425. The van der Waals surface area contributed by atoms with E-state index >= 15 is 0 Å². The number of hydrogen-bond donors (Lipinski definition) is 1. The summed E-state index contributed by atoms with van der Waals surface area (Å²) in [7, 11) is 0. The largest absolute Gasteiger partial charge is 0.478 e. The molecule has 0 atom stereocenters. The minimum Gasteiger partial charge on any atom is -0.478 e. The molecule has 0 aromatic heterocycles. The molecule has 0 aliphatic rings. The summed E-state index contributed by atoms with van der Waals surface area (Å²) in [5.74, 6) is -0.879. The molecule has 22 heavy (non-hydrogen) atoms. The predicted molar refractivity (Wildman–Crippen MR) is 95.5 cm³/mol. The van der Waals surface area contributed by atoms with Crippen LogP contribution in [-0.2, 0) is 0 Å². The lowest BCUT2D eigenvalue weighted by Crippen LogP contribution is -1.93. The first-order chi connectivity index (χ1) is 10.7. The van der Waals surface area contributed by atoms with Crippen molar-refractivity contribution < 1.29 is 9.90 Å². The van der Waals surface area contributed by atoms with Gasteiger partial charge in [0, 0.05) is 0 Å². The van der Waals surface area contributed by atoms with E-state index in [1.54, 1.807) is 30.3 Å². The summed E-state index contributed by atoms with van der Waals surface area (Å²) >= 11 is 0. The fourth-order valence-corrected chi connectivity index (χ4v) is 2.32. The number of benzene rings is 1. The van der Waals surface area contributed by atoms with E-state index in [2.05, 4.69) is 13.8 Å². The summed E-state index contributed by atoms with van der Waals surface area (Å²) in [6.45, 7) is 4.56. The number of carbonyl (C=O) groups is 1. The number of rotatable bonds is 11. The van der Waals surface area contributed by atoms with E-state index in [1.165, 1.54) is 70.6 Å². The van der Waals surface area contributed by atoms with E-state index < -0.39 is 5.97 Å². The molecule has 1 rings (SSSR count). The highest BCUT2D eigenvalue weighted by atomic mass is 16.4. The van der Waals surface area contributed by atoms with Gasteiger partial charge in [0.05, 0.1) is 5.56 Å². The van der Waals surface area contributed by atoms with E-state index in [4.69, 9.17) is 5.11 Å². The van der Waals surface area contributed by atoms with Crippen LogP contribution in [0, 0.1) is 0 Å². The molecule has 0 unspecified atom stereocenters. The second kappa shape index (κ2) is 16.1. The van der Waals surface area contributed by atoms with Gasteiger partial charge in [0.2, 0.25) is 0 Å². The second-order valence-corrected chi connectivity index (χ2v) is 5.85. The highest BCUT2D eigenvalue weighted by Crippen LogP contribution is 2.10. The number of carboxylic acids is 1. The van der Waals surface area contributed by atoms with Gasteiger partial charge in [-0.2, -0.15) is 0 Å². The molecule has 2 nitrogen and oxygen atoms in total. The molecule has 0 saturated heterocycles. The van der Waals surface area contributed by atoms with Gasteiger partial charge < -0.3 is 5.11 Å². The third-order valence-corrected chi connectivity index (χ3v) is 3.73. The molecule has 0 bridgehead atoms. The van der Waals surface area contributed by atoms with Crippen molar-refractivity contribution in [3.63, 3.8) is 0 Å². The molecule has 0 amide bonds. The molecule has 0 spiro atoms. The zero-order chi connectivity index (χ0) is 16.5. The summed E-state index contributed by atoms with van der Waals surface area (Å²) in [5.41, 5.74) is 0.331. The fraction of sp³-hybridized carbons (Fsp3) is 0.650. The molecule has 0 aliphatic carbocycles. The van der Waals surface area contributed by atoms with Crippen molar-refractivity contribution in [2.24, 2.45) is 0 Å². The average Bonchev–Trinajstić information content (AvgIpc) is 2.55. The van der Waals surface area contributed by atoms with E-state index in [-0.39, 0.29) is 0 Å². The highest BCUT2D eigenvalue weighted by molar-refractivity contribution is 5.87. The molecular weight excluding hydrogens is 272 g/mol. The van der Waals surface area contributed by atoms with Crippen molar-refractivity contribution in [3.8, 4) is 0 Å². The van der Waals surface area contributed by atoms with Crippen LogP contribution in [0.1, 0.15) is 94.8 Å². The molecule has 126 valence electrons. The third kappa shape index (κ3) is 13.7. The summed E-state index contributed by atoms with van der Waals surface area (Å²) < 4.78 is 0. The smallest absolute Gasteiger partial charge is 0.335 e. The van der Waals surface area contributed by atoms with Crippen LogP contribution in [0.25, 0.3) is 0 Å². The lowest BCUT2D eigenvalue weighted by molar-refractivity contribution is 0.0697. The highest BCUT2D eigenvalue weighted by Gasteiger charge is 1.96. The van der Waals surface area contributed by atoms with Gasteiger partial charge in [-0.25, -0.2) is 4.79 Å². The van der Waals surface area contributed by atoms with Crippen molar-refractivity contribution >= 4 is 5.97 Å². The van der Waals surface area contributed by atoms with E-state index in [0.29, 0.717) is 5.56 Å². The van der Waals surface area contributed by atoms with Crippen LogP contribution in [0.15, 0.2) is 30.3 Å². The molecule has 2 heteroatoms. The first-order valence-electron chi connectivity index (χ1n) is 9.00. The summed E-state index contributed by atoms with van der Waals surface area (Å²) in [4.78, 5) is 10.2. The Bertz CT molecular complexity index is 336. The monoisotopic (exact) mass is 306 g/mol. The summed E-state index contributed by atoms with van der Waals surface area (Å²) in [6, 6.07) is 8.30. The number of aromatic carboxylic acids is 1. The number of unbranched alkanes of at least 4 members (excludes halogenated alkanes) is 10. The second-order valence-electron chi connectivity index (χ2n) is 5.85. The van der Waals surface area contributed by atoms with E-state index in [0.717, 1.165) is 0 Å². The molecule has 0 fully saturated rings. The normalized spacial score (nSPS) is 9.91. The van der Waals surface area contributed by atoms with Gasteiger partial charge in [0.15, 0.2) is 0 Å². The van der Waals surface area contributed by atoms with Gasteiger partial charge in [0.1, 0.15) is 0 Å². The van der Waals surface area contributed by atoms with Crippen molar-refractivity contribution in [1.29, 1.82) is 0 Å². The topological polar surface area (TPSA) is 37.3 Å².